The minimum absolute atomic E-state index is 0.204. The molecule has 0 radical (unpaired) electrons. The van der Waals surface area contributed by atoms with E-state index >= 15 is 0 Å². The summed E-state index contributed by atoms with van der Waals surface area (Å²) in [5, 5.41) is 9.73. The number of benzene rings is 2. The summed E-state index contributed by atoms with van der Waals surface area (Å²) >= 11 is 13.4. The fourth-order valence-corrected chi connectivity index (χ4v) is 3.60. The van der Waals surface area contributed by atoms with Crippen LogP contribution in [0.2, 0.25) is 10.0 Å². The van der Waals surface area contributed by atoms with Crippen molar-refractivity contribution in [1.29, 1.82) is 0 Å². The van der Waals surface area contributed by atoms with Gasteiger partial charge in [0.1, 0.15) is 5.69 Å². The third-order valence-electron chi connectivity index (χ3n) is 3.82. The lowest BCUT2D eigenvalue weighted by molar-refractivity contribution is 0.0950. The van der Waals surface area contributed by atoms with Crippen LogP contribution in [0.5, 0.6) is 0 Å². The number of para-hydroxylation sites is 1. The maximum Gasteiger partial charge on any atom is 0.270 e. The van der Waals surface area contributed by atoms with Crippen molar-refractivity contribution in [2.45, 2.75) is 13.3 Å². The molecule has 3 aromatic rings. The second-order valence-electron chi connectivity index (χ2n) is 5.72. The van der Waals surface area contributed by atoms with Gasteiger partial charge in [-0.2, -0.15) is 0 Å². The Bertz CT molecular complexity index is 927. The summed E-state index contributed by atoms with van der Waals surface area (Å²) in [6.07, 6.45) is 0.625. The first-order valence-corrected chi connectivity index (χ1v) is 9.67. The zero-order valence-electron chi connectivity index (χ0n) is 14.1. The van der Waals surface area contributed by atoms with Crippen molar-refractivity contribution in [1.82, 2.24) is 10.3 Å². The number of anilines is 2. The molecule has 0 saturated heterocycles. The number of aromatic nitrogens is 1. The summed E-state index contributed by atoms with van der Waals surface area (Å²) in [6, 6.07) is 13.3. The highest BCUT2D eigenvalue weighted by atomic mass is 35.5. The van der Waals surface area contributed by atoms with E-state index in [1.165, 1.54) is 11.3 Å². The number of aryl methyl sites for hydroxylation is 1. The van der Waals surface area contributed by atoms with Crippen molar-refractivity contribution in [3.05, 3.63) is 74.7 Å². The molecule has 1 aromatic heterocycles. The molecule has 0 aliphatic carbocycles. The highest BCUT2D eigenvalue weighted by Gasteiger charge is 2.11. The van der Waals surface area contributed by atoms with Gasteiger partial charge in [-0.1, -0.05) is 47.5 Å². The number of rotatable bonds is 6. The van der Waals surface area contributed by atoms with Crippen LogP contribution in [0.25, 0.3) is 0 Å². The van der Waals surface area contributed by atoms with Gasteiger partial charge in [0.25, 0.3) is 5.91 Å². The van der Waals surface area contributed by atoms with E-state index < -0.39 is 0 Å². The van der Waals surface area contributed by atoms with Gasteiger partial charge in [0.2, 0.25) is 0 Å². The Morgan fingerprint density at radius 2 is 2.00 bits per heavy atom. The topological polar surface area (TPSA) is 54.0 Å². The second kappa shape index (κ2) is 8.54. The first kappa shape index (κ1) is 18.7. The summed E-state index contributed by atoms with van der Waals surface area (Å²) in [6.45, 7) is 2.49. The fourth-order valence-electron chi connectivity index (χ4n) is 2.39. The van der Waals surface area contributed by atoms with E-state index in [9.17, 15) is 4.79 Å². The molecule has 4 nitrogen and oxygen atoms in total. The van der Waals surface area contributed by atoms with Crippen LogP contribution in [0.1, 0.15) is 21.6 Å². The predicted molar refractivity (Wildman–Crippen MR) is 109 cm³/mol. The Hall–Kier alpha value is -2.08. The van der Waals surface area contributed by atoms with Crippen molar-refractivity contribution in [2.75, 3.05) is 11.9 Å². The van der Waals surface area contributed by atoms with E-state index in [2.05, 4.69) is 15.6 Å². The molecule has 2 aromatic carbocycles. The number of halogens is 2. The molecule has 7 heteroatoms. The minimum Gasteiger partial charge on any atom is -0.350 e. The molecule has 0 aliphatic heterocycles. The lowest BCUT2D eigenvalue weighted by Gasteiger charge is -2.06. The highest BCUT2D eigenvalue weighted by molar-refractivity contribution is 7.14. The molecule has 0 saturated carbocycles. The van der Waals surface area contributed by atoms with Gasteiger partial charge in [0.15, 0.2) is 5.13 Å². The Kier molecular flexibility index (Phi) is 6.14. The van der Waals surface area contributed by atoms with E-state index in [1.807, 2.05) is 37.3 Å². The van der Waals surface area contributed by atoms with Gasteiger partial charge < -0.3 is 10.6 Å². The number of hydrogen-bond acceptors (Lipinski definition) is 4. The average Bonchev–Trinajstić information content (AvgIpc) is 3.07. The summed E-state index contributed by atoms with van der Waals surface area (Å²) in [5.41, 5.74) is 3.43. The number of hydrogen-bond donors (Lipinski definition) is 2. The van der Waals surface area contributed by atoms with Gasteiger partial charge in [-0.15, -0.1) is 11.3 Å². The number of thiazole rings is 1. The zero-order valence-corrected chi connectivity index (χ0v) is 16.4. The minimum atomic E-state index is -0.204. The SMILES string of the molecule is Cc1ccccc1Nc1nc(C(=O)NCCc2ccc(Cl)cc2Cl)cs1. The Morgan fingerprint density at radius 1 is 1.19 bits per heavy atom. The maximum atomic E-state index is 12.3. The van der Waals surface area contributed by atoms with Crippen LogP contribution in [0.4, 0.5) is 10.8 Å². The lowest BCUT2D eigenvalue weighted by Crippen LogP contribution is -2.26. The molecule has 0 bridgehead atoms. The predicted octanol–water partition coefficient (Wildman–Crippen LogP) is 5.47. The second-order valence-corrected chi connectivity index (χ2v) is 7.42. The summed E-state index contributed by atoms with van der Waals surface area (Å²) in [4.78, 5) is 16.6. The molecular weight excluding hydrogens is 389 g/mol. The van der Waals surface area contributed by atoms with E-state index in [4.69, 9.17) is 23.2 Å². The first-order chi connectivity index (χ1) is 12.5. The highest BCUT2D eigenvalue weighted by Crippen LogP contribution is 2.23. The van der Waals surface area contributed by atoms with Crippen LogP contribution in [-0.2, 0) is 6.42 Å². The Balaban J connectivity index is 1.55. The molecule has 0 fully saturated rings. The van der Waals surface area contributed by atoms with E-state index in [-0.39, 0.29) is 5.91 Å². The molecule has 0 aliphatic rings. The van der Waals surface area contributed by atoms with Crippen LogP contribution >= 0.6 is 34.5 Å². The quantitative estimate of drug-likeness (QED) is 0.571. The normalized spacial score (nSPS) is 10.6. The van der Waals surface area contributed by atoms with Gasteiger partial charge in [0.05, 0.1) is 0 Å². The number of amides is 1. The van der Waals surface area contributed by atoms with Crippen molar-refractivity contribution in [2.24, 2.45) is 0 Å². The number of carbonyl (C=O) groups excluding carboxylic acids is 1. The fraction of sp³-hybridized carbons (Fsp3) is 0.158. The van der Waals surface area contributed by atoms with E-state index in [0.29, 0.717) is 33.8 Å². The molecule has 1 heterocycles. The third-order valence-corrected chi connectivity index (χ3v) is 5.16. The number of nitrogens with zero attached hydrogens (tertiary/aromatic N) is 1. The van der Waals surface area contributed by atoms with Crippen molar-refractivity contribution < 1.29 is 4.79 Å². The van der Waals surface area contributed by atoms with Gasteiger partial charge in [0, 0.05) is 27.7 Å². The number of nitrogens with one attached hydrogen (secondary N) is 2. The molecule has 1 amide bonds. The molecule has 0 unspecified atom stereocenters. The Labute approximate surface area is 166 Å². The summed E-state index contributed by atoms with van der Waals surface area (Å²) in [7, 11) is 0. The van der Waals surface area contributed by atoms with Gasteiger partial charge in [-0.25, -0.2) is 4.98 Å². The van der Waals surface area contributed by atoms with Crippen molar-refractivity contribution in [3.8, 4) is 0 Å². The molecule has 3 rings (SSSR count). The summed E-state index contributed by atoms with van der Waals surface area (Å²) < 4.78 is 0. The van der Waals surface area contributed by atoms with Gasteiger partial charge in [-0.3, -0.25) is 4.79 Å². The Morgan fingerprint density at radius 3 is 2.77 bits per heavy atom. The van der Waals surface area contributed by atoms with Crippen LogP contribution in [0, 0.1) is 6.92 Å². The smallest absolute Gasteiger partial charge is 0.270 e. The van der Waals surface area contributed by atoms with Crippen molar-refractivity contribution in [3.63, 3.8) is 0 Å². The third kappa shape index (κ3) is 4.75. The van der Waals surface area contributed by atoms with E-state index in [1.54, 1.807) is 17.5 Å². The molecule has 134 valence electrons. The van der Waals surface area contributed by atoms with Gasteiger partial charge in [-0.05, 0) is 42.7 Å². The molecule has 0 atom stereocenters. The molecular formula is C19H17Cl2N3OS. The van der Waals surface area contributed by atoms with E-state index in [0.717, 1.165) is 16.8 Å². The monoisotopic (exact) mass is 405 g/mol. The first-order valence-electron chi connectivity index (χ1n) is 8.03. The largest absolute Gasteiger partial charge is 0.350 e. The van der Waals surface area contributed by atoms with Gasteiger partial charge >= 0.3 is 0 Å². The molecule has 2 N–H and O–H groups in total. The molecule has 26 heavy (non-hydrogen) atoms. The van der Waals surface area contributed by atoms with Crippen LogP contribution in [0.3, 0.4) is 0 Å². The maximum absolute atomic E-state index is 12.3. The standard InChI is InChI=1S/C19H17Cl2N3OS/c1-12-4-2-3-5-16(12)23-19-24-17(11-26-19)18(25)22-9-8-13-6-7-14(20)10-15(13)21/h2-7,10-11H,8-9H2,1H3,(H,22,25)(H,23,24). The zero-order chi connectivity index (χ0) is 18.5. The molecule has 0 spiro atoms. The lowest BCUT2D eigenvalue weighted by atomic mass is 10.1. The number of carbonyl (C=O) groups is 1. The summed E-state index contributed by atoms with van der Waals surface area (Å²) in [5.74, 6) is -0.204. The van der Waals surface area contributed by atoms with Crippen LogP contribution < -0.4 is 10.6 Å². The van der Waals surface area contributed by atoms with Crippen LogP contribution in [-0.4, -0.2) is 17.4 Å². The van der Waals surface area contributed by atoms with Crippen LogP contribution in [0.15, 0.2) is 47.8 Å². The van der Waals surface area contributed by atoms with Crippen molar-refractivity contribution >= 4 is 51.3 Å². The average molecular weight is 406 g/mol.